The summed E-state index contributed by atoms with van der Waals surface area (Å²) in [5, 5.41) is 11.1. The Bertz CT molecular complexity index is 647. The number of hydrogen-bond acceptors (Lipinski definition) is 1. The van der Waals surface area contributed by atoms with E-state index in [1.165, 1.54) is 6.08 Å². The summed E-state index contributed by atoms with van der Waals surface area (Å²) < 4.78 is -9.68. The minimum atomic E-state index is -2.49. The minimum Gasteiger partial charge on any atom is -0.378 e. The SMILES string of the molecule is OC1(C(Cl)(Cl)C(Cl)(Cl)C(Cl)(Cl)C(Cl)(Cl)Cl)C=Cc2ccccc21. The Labute approximate surface area is 178 Å². The van der Waals surface area contributed by atoms with Crippen LogP contribution in [0.25, 0.3) is 6.08 Å². The van der Waals surface area contributed by atoms with Crippen molar-refractivity contribution in [3.8, 4) is 0 Å². The van der Waals surface area contributed by atoms with Crippen LogP contribution in [-0.2, 0) is 5.60 Å². The van der Waals surface area contributed by atoms with E-state index >= 15 is 0 Å². The molecule has 0 bridgehead atoms. The van der Waals surface area contributed by atoms with Crippen molar-refractivity contribution >= 4 is 110 Å². The van der Waals surface area contributed by atoms with Gasteiger partial charge in [-0.2, -0.15) is 0 Å². The number of fused-ring (bicyclic) bond motifs is 1. The zero-order valence-corrected chi connectivity index (χ0v) is 17.6. The molecule has 1 aliphatic carbocycles. The third kappa shape index (κ3) is 2.98. The fraction of sp³-hybridized carbons (Fsp3) is 0.385. The van der Waals surface area contributed by atoms with Gasteiger partial charge in [0.15, 0.2) is 8.67 Å². The van der Waals surface area contributed by atoms with Crippen molar-refractivity contribution in [2.45, 2.75) is 22.4 Å². The van der Waals surface area contributed by atoms with Gasteiger partial charge in [-0.3, -0.25) is 0 Å². The average molecular weight is 498 g/mol. The highest BCUT2D eigenvalue weighted by Crippen LogP contribution is 2.67. The quantitative estimate of drug-likeness (QED) is 0.455. The van der Waals surface area contributed by atoms with Gasteiger partial charge in [-0.15, -0.1) is 0 Å². The van der Waals surface area contributed by atoms with E-state index in [0.717, 1.165) is 0 Å². The van der Waals surface area contributed by atoms with Crippen LogP contribution in [0.2, 0.25) is 0 Å². The van der Waals surface area contributed by atoms with Crippen LogP contribution in [0.1, 0.15) is 11.1 Å². The molecule has 1 aliphatic rings. The predicted octanol–water partition coefficient (Wildman–Crippen LogP) is 6.79. The van der Waals surface area contributed by atoms with Crippen molar-refractivity contribution < 1.29 is 5.11 Å². The maximum absolute atomic E-state index is 11.1. The molecule has 1 unspecified atom stereocenters. The van der Waals surface area contributed by atoms with E-state index < -0.39 is 22.4 Å². The van der Waals surface area contributed by atoms with E-state index in [0.29, 0.717) is 11.1 Å². The molecule has 0 saturated heterocycles. The number of halogens is 9. The van der Waals surface area contributed by atoms with Gasteiger partial charge in [-0.05, 0) is 17.2 Å². The highest BCUT2D eigenvalue weighted by Gasteiger charge is 2.73. The van der Waals surface area contributed by atoms with E-state index in [1.807, 2.05) is 0 Å². The summed E-state index contributed by atoms with van der Waals surface area (Å²) in [7, 11) is 0. The first-order chi connectivity index (χ1) is 10.2. The van der Waals surface area contributed by atoms with Gasteiger partial charge in [0.2, 0.25) is 8.13 Å². The molecule has 10 heteroatoms. The first-order valence-corrected chi connectivity index (χ1v) is 9.31. The van der Waals surface area contributed by atoms with Crippen molar-refractivity contribution in [1.29, 1.82) is 0 Å². The molecular formula is C13H7Cl9O. The Hall–Kier alpha value is 1.53. The number of alkyl halides is 9. The molecule has 0 heterocycles. The first kappa shape index (κ1) is 20.8. The lowest BCUT2D eigenvalue weighted by atomic mass is 9.88. The van der Waals surface area contributed by atoms with Crippen LogP contribution in [0, 0.1) is 0 Å². The van der Waals surface area contributed by atoms with Crippen molar-refractivity contribution in [2.24, 2.45) is 0 Å². The van der Waals surface area contributed by atoms with Gasteiger partial charge in [0.1, 0.15) is 5.60 Å². The van der Waals surface area contributed by atoms with E-state index in [9.17, 15) is 5.11 Å². The Balaban J connectivity index is 2.61. The summed E-state index contributed by atoms with van der Waals surface area (Å²) in [6.07, 6.45) is 2.91. The van der Waals surface area contributed by atoms with Crippen LogP contribution in [0.5, 0.6) is 0 Å². The normalized spacial score (nSPS) is 22.3. The molecule has 0 amide bonds. The van der Waals surface area contributed by atoms with Crippen LogP contribution in [-0.4, -0.2) is 21.9 Å². The van der Waals surface area contributed by atoms with Crippen molar-refractivity contribution in [1.82, 2.24) is 0 Å². The summed E-state index contributed by atoms with van der Waals surface area (Å²) in [4.78, 5) is 0. The largest absolute Gasteiger partial charge is 0.378 e. The molecule has 0 radical (unpaired) electrons. The van der Waals surface area contributed by atoms with Crippen LogP contribution in [0.15, 0.2) is 30.3 Å². The monoisotopic (exact) mass is 494 g/mol. The topological polar surface area (TPSA) is 20.2 Å². The second-order valence-corrected chi connectivity index (χ2v) is 11.2. The smallest absolute Gasteiger partial charge is 0.226 e. The van der Waals surface area contributed by atoms with Gasteiger partial charge >= 0.3 is 0 Å². The van der Waals surface area contributed by atoms with Crippen LogP contribution >= 0.6 is 104 Å². The Morgan fingerprint density at radius 1 is 0.783 bits per heavy atom. The van der Waals surface area contributed by atoms with Crippen molar-refractivity contribution in [3.63, 3.8) is 0 Å². The van der Waals surface area contributed by atoms with E-state index in [4.69, 9.17) is 104 Å². The van der Waals surface area contributed by atoms with E-state index in [2.05, 4.69) is 0 Å². The Morgan fingerprint density at radius 3 is 1.83 bits per heavy atom. The highest BCUT2D eigenvalue weighted by molar-refractivity contribution is 6.80. The molecule has 1 atom stereocenters. The molecule has 2 rings (SSSR count). The summed E-state index contributed by atoms with van der Waals surface area (Å²) in [6, 6.07) is 6.77. The highest BCUT2D eigenvalue weighted by atomic mass is 35.6. The van der Waals surface area contributed by atoms with Crippen molar-refractivity contribution in [2.75, 3.05) is 0 Å². The van der Waals surface area contributed by atoms with Crippen LogP contribution < -0.4 is 0 Å². The van der Waals surface area contributed by atoms with E-state index in [1.54, 1.807) is 30.3 Å². The molecule has 0 fully saturated rings. The number of aliphatic hydroxyl groups is 1. The summed E-state index contributed by atoms with van der Waals surface area (Å²) in [6.45, 7) is 0. The number of hydrogen-bond donors (Lipinski definition) is 1. The van der Waals surface area contributed by atoms with E-state index in [-0.39, 0.29) is 0 Å². The van der Waals surface area contributed by atoms with Gasteiger partial charge in [-0.25, -0.2) is 0 Å². The summed E-state index contributed by atoms with van der Waals surface area (Å²) >= 11 is 54.5. The molecule has 1 N–H and O–H groups in total. The molecule has 1 aromatic carbocycles. The second kappa shape index (κ2) is 6.30. The summed E-state index contributed by atoms with van der Waals surface area (Å²) in [5.74, 6) is 0. The maximum Gasteiger partial charge on any atom is 0.226 e. The van der Waals surface area contributed by atoms with Gasteiger partial charge in [0.05, 0.1) is 0 Å². The zero-order valence-electron chi connectivity index (χ0n) is 10.8. The fourth-order valence-corrected chi connectivity index (χ4v) is 4.55. The average Bonchev–Trinajstić information content (AvgIpc) is 2.77. The third-order valence-electron chi connectivity index (χ3n) is 3.50. The molecule has 1 nitrogen and oxygen atoms in total. The predicted molar refractivity (Wildman–Crippen MR) is 103 cm³/mol. The molecule has 0 saturated carbocycles. The fourth-order valence-electron chi connectivity index (χ4n) is 2.18. The Morgan fingerprint density at radius 2 is 1.30 bits per heavy atom. The van der Waals surface area contributed by atoms with Gasteiger partial charge in [0, 0.05) is 0 Å². The van der Waals surface area contributed by atoms with Crippen LogP contribution in [0.4, 0.5) is 0 Å². The number of benzene rings is 1. The molecule has 0 aromatic heterocycles. The van der Waals surface area contributed by atoms with Crippen LogP contribution in [0.3, 0.4) is 0 Å². The van der Waals surface area contributed by atoms with Gasteiger partial charge in [-0.1, -0.05) is 135 Å². The lowest BCUT2D eigenvalue weighted by Gasteiger charge is -2.49. The molecule has 23 heavy (non-hydrogen) atoms. The first-order valence-electron chi connectivity index (χ1n) is 5.91. The van der Waals surface area contributed by atoms with Gasteiger partial charge in [0.25, 0.3) is 0 Å². The lowest BCUT2D eigenvalue weighted by Crippen LogP contribution is -2.63. The molecule has 0 aliphatic heterocycles. The zero-order chi connectivity index (χ0) is 17.9. The molecular weight excluding hydrogens is 491 g/mol. The summed E-state index contributed by atoms with van der Waals surface area (Å²) in [5.41, 5.74) is -1.02. The molecule has 128 valence electrons. The van der Waals surface area contributed by atoms with Gasteiger partial charge < -0.3 is 5.11 Å². The minimum absolute atomic E-state index is 0.351. The number of rotatable bonds is 3. The third-order valence-corrected chi connectivity index (χ3v) is 9.11. The molecule has 0 spiro atoms. The maximum atomic E-state index is 11.1. The second-order valence-electron chi connectivity index (χ2n) is 4.91. The molecule has 1 aromatic rings. The Kier molecular flexibility index (Phi) is 5.71. The standard InChI is InChI=1S/C13H7Cl9O/c14-10(15,11(16,17)12(18,19)13(20,21)22)9(23)6-5-7-3-1-2-4-8(7)9/h1-6,23H. The van der Waals surface area contributed by atoms with Crippen molar-refractivity contribution in [3.05, 3.63) is 41.5 Å². The lowest BCUT2D eigenvalue weighted by molar-refractivity contribution is 0.0659.